The third-order valence-electron chi connectivity index (χ3n) is 5.73. The molecule has 6 heteroatoms. The molecule has 2 N–H and O–H groups in total. The first-order chi connectivity index (χ1) is 16.5. The van der Waals surface area contributed by atoms with E-state index in [9.17, 15) is 4.79 Å². The van der Waals surface area contributed by atoms with Gasteiger partial charge >= 0.3 is 0 Å². The van der Waals surface area contributed by atoms with E-state index < -0.39 is 0 Å². The molecule has 2 rings (SSSR count). The summed E-state index contributed by atoms with van der Waals surface area (Å²) in [5.74, 6) is 0.990. The molecule has 0 aromatic heterocycles. The van der Waals surface area contributed by atoms with Crippen molar-refractivity contribution in [3.63, 3.8) is 0 Å². The lowest BCUT2D eigenvalue weighted by Crippen LogP contribution is -2.29. The van der Waals surface area contributed by atoms with E-state index in [1.165, 1.54) is 38.8 Å². The molecule has 34 heavy (non-hydrogen) atoms. The molecule has 0 heterocycles. The van der Waals surface area contributed by atoms with E-state index in [-0.39, 0.29) is 12.5 Å². The number of nitrogens with one attached hydrogen (secondary N) is 2. The van der Waals surface area contributed by atoms with Crippen molar-refractivity contribution in [3.8, 4) is 11.5 Å². The van der Waals surface area contributed by atoms with Gasteiger partial charge < -0.3 is 25.0 Å². The van der Waals surface area contributed by atoms with E-state index in [4.69, 9.17) is 9.47 Å². The van der Waals surface area contributed by atoms with Gasteiger partial charge in [-0.3, -0.25) is 4.79 Å². The van der Waals surface area contributed by atoms with E-state index in [0.717, 1.165) is 42.9 Å². The van der Waals surface area contributed by atoms with Crippen molar-refractivity contribution < 1.29 is 14.3 Å². The smallest absolute Gasteiger partial charge is 0.262 e. The molecule has 0 atom stereocenters. The topological polar surface area (TPSA) is 62.8 Å². The molecule has 0 radical (unpaired) electrons. The highest BCUT2D eigenvalue weighted by Gasteiger charge is 2.10. The zero-order chi connectivity index (χ0) is 24.6. The van der Waals surface area contributed by atoms with Gasteiger partial charge in [0.2, 0.25) is 0 Å². The van der Waals surface area contributed by atoms with Crippen LogP contribution in [-0.4, -0.2) is 50.7 Å². The standard InChI is InChI=1S/C28H43N3O3/c1-5-7-17-31(18-8-6-2)19-9-16-29-21-24-12-15-26(27(20-24)33-4)34-22-28(32)30-25-13-10-23(3)11-14-25/h10-15,20,29H,5-9,16-19,21-22H2,1-4H3,(H,30,32). The zero-order valence-corrected chi connectivity index (χ0v) is 21.5. The molecule has 2 aromatic carbocycles. The van der Waals surface area contributed by atoms with Crippen LogP contribution >= 0.6 is 0 Å². The molecule has 0 aliphatic heterocycles. The molecule has 6 nitrogen and oxygen atoms in total. The van der Waals surface area contributed by atoms with Crippen LogP contribution in [0.25, 0.3) is 0 Å². The molecule has 0 spiro atoms. The van der Waals surface area contributed by atoms with Crippen LogP contribution in [0.4, 0.5) is 5.69 Å². The third kappa shape index (κ3) is 10.6. The first-order valence-corrected chi connectivity index (χ1v) is 12.6. The fraction of sp³-hybridized carbons (Fsp3) is 0.536. The van der Waals surface area contributed by atoms with Crippen LogP contribution in [0.15, 0.2) is 42.5 Å². The number of nitrogens with zero attached hydrogens (tertiary/aromatic N) is 1. The van der Waals surface area contributed by atoms with Crippen LogP contribution in [0.3, 0.4) is 0 Å². The Morgan fingerprint density at radius 1 is 0.912 bits per heavy atom. The number of benzene rings is 2. The number of rotatable bonds is 17. The quantitative estimate of drug-likeness (QED) is 0.304. The van der Waals surface area contributed by atoms with Crippen molar-refractivity contribution in [1.82, 2.24) is 10.2 Å². The van der Waals surface area contributed by atoms with Gasteiger partial charge in [-0.25, -0.2) is 0 Å². The molecule has 0 unspecified atom stereocenters. The minimum Gasteiger partial charge on any atom is -0.493 e. The largest absolute Gasteiger partial charge is 0.493 e. The Hall–Kier alpha value is -2.57. The Labute approximate surface area is 206 Å². The fourth-order valence-corrected chi connectivity index (χ4v) is 3.68. The van der Waals surface area contributed by atoms with Crippen LogP contribution in [0, 0.1) is 6.92 Å². The fourth-order valence-electron chi connectivity index (χ4n) is 3.68. The molecular formula is C28H43N3O3. The van der Waals surface area contributed by atoms with Gasteiger partial charge in [-0.1, -0.05) is 50.5 Å². The SMILES string of the molecule is CCCCN(CCCC)CCCNCc1ccc(OCC(=O)Nc2ccc(C)cc2)c(OC)c1. The summed E-state index contributed by atoms with van der Waals surface area (Å²) < 4.78 is 11.2. The van der Waals surface area contributed by atoms with Crippen molar-refractivity contribution >= 4 is 11.6 Å². The molecule has 188 valence electrons. The number of amides is 1. The Morgan fingerprint density at radius 2 is 1.59 bits per heavy atom. The molecule has 1 amide bonds. The normalized spacial score (nSPS) is 11.0. The lowest BCUT2D eigenvalue weighted by molar-refractivity contribution is -0.118. The molecule has 0 bridgehead atoms. The first-order valence-electron chi connectivity index (χ1n) is 12.6. The van der Waals surface area contributed by atoms with Crippen molar-refractivity contribution in [2.45, 2.75) is 59.4 Å². The molecule has 0 saturated heterocycles. The van der Waals surface area contributed by atoms with Crippen LogP contribution in [0.1, 0.15) is 57.1 Å². The summed E-state index contributed by atoms with van der Waals surface area (Å²) in [7, 11) is 1.62. The summed E-state index contributed by atoms with van der Waals surface area (Å²) in [4.78, 5) is 14.8. The van der Waals surface area contributed by atoms with Gasteiger partial charge in [0.25, 0.3) is 5.91 Å². The van der Waals surface area contributed by atoms with Gasteiger partial charge in [0.1, 0.15) is 0 Å². The number of unbranched alkanes of at least 4 members (excludes halogenated alkanes) is 2. The Morgan fingerprint density at radius 3 is 2.24 bits per heavy atom. The van der Waals surface area contributed by atoms with Gasteiger partial charge in [-0.15, -0.1) is 0 Å². The predicted molar refractivity (Wildman–Crippen MR) is 141 cm³/mol. The average molecular weight is 470 g/mol. The number of anilines is 1. The maximum Gasteiger partial charge on any atom is 0.262 e. The van der Waals surface area contributed by atoms with Gasteiger partial charge in [0.15, 0.2) is 18.1 Å². The van der Waals surface area contributed by atoms with Gasteiger partial charge in [0, 0.05) is 12.2 Å². The number of hydrogen-bond acceptors (Lipinski definition) is 5. The van der Waals surface area contributed by atoms with E-state index in [1.807, 2.05) is 49.4 Å². The minimum absolute atomic E-state index is 0.0750. The highest BCUT2D eigenvalue weighted by molar-refractivity contribution is 5.91. The van der Waals surface area contributed by atoms with E-state index in [2.05, 4.69) is 29.4 Å². The van der Waals surface area contributed by atoms with Crippen LogP contribution in [0.5, 0.6) is 11.5 Å². The van der Waals surface area contributed by atoms with Crippen molar-refractivity contribution in [1.29, 1.82) is 0 Å². The molecular weight excluding hydrogens is 426 g/mol. The second-order valence-electron chi connectivity index (χ2n) is 8.77. The lowest BCUT2D eigenvalue weighted by atomic mass is 10.2. The lowest BCUT2D eigenvalue weighted by Gasteiger charge is -2.22. The summed E-state index contributed by atoms with van der Waals surface area (Å²) in [6.45, 7) is 11.8. The molecule has 2 aromatic rings. The van der Waals surface area contributed by atoms with Gasteiger partial charge in [0.05, 0.1) is 7.11 Å². The maximum atomic E-state index is 12.2. The van der Waals surface area contributed by atoms with Crippen LogP contribution < -0.4 is 20.1 Å². The van der Waals surface area contributed by atoms with Crippen molar-refractivity contribution in [3.05, 3.63) is 53.6 Å². The summed E-state index contributed by atoms with van der Waals surface area (Å²) in [5.41, 5.74) is 3.03. The average Bonchev–Trinajstić information content (AvgIpc) is 2.85. The van der Waals surface area contributed by atoms with Crippen LogP contribution in [0.2, 0.25) is 0 Å². The second kappa shape index (κ2) is 16.1. The number of carbonyl (C=O) groups is 1. The highest BCUT2D eigenvalue weighted by atomic mass is 16.5. The number of ether oxygens (including phenoxy) is 2. The number of hydrogen-bond donors (Lipinski definition) is 2. The minimum atomic E-state index is -0.205. The van der Waals surface area contributed by atoms with E-state index in [1.54, 1.807) is 7.11 Å². The summed E-state index contributed by atoms with van der Waals surface area (Å²) in [6, 6.07) is 13.5. The molecule has 0 saturated carbocycles. The molecule has 0 fully saturated rings. The monoisotopic (exact) mass is 469 g/mol. The second-order valence-corrected chi connectivity index (χ2v) is 8.77. The maximum absolute atomic E-state index is 12.2. The van der Waals surface area contributed by atoms with Gasteiger partial charge in [-0.05, 0) is 82.2 Å². The van der Waals surface area contributed by atoms with Crippen molar-refractivity contribution in [2.24, 2.45) is 0 Å². The Kier molecular flexibility index (Phi) is 13.1. The van der Waals surface area contributed by atoms with Crippen LogP contribution in [-0.2, 0) is 11.3 Å². The summed E-state index contributed by atoms with van der Waals surface area (Å²) >= 11 is 0. The molecule has 0 aliphatic carbocycles. The Bertz CT molecular complexity index is 831. The third-order valence-corrected chi connectivity index (χ3v) is 5.73. The van der Waals surface area contributed by atoms with Crippen molar-refractivity contribution in [2.75, 3.05) is 45.2 Å². The van der Waals surface area contributed by atoms with E-state index >= 15 is 0 Å². The van der Waals surface area contributed by atoms with Gasteiger partial charge in [-0.2, -0.15) is 0 Å². The molecule has 0 aliphatic rings. The first kappa shape index (κ1) is 27.7. The Balaban J connectivity index is 1.75. The number of aryl methyl sites for hydroxylation is 1. The van der Waals surface area contributed by atoms with E-state index in [0.29, 0.717) is 11.5 Å². The zero-order valence-electron chi connectivity index (χ0n) is 21.5. The highest BCUT2D eigenvalue weighted by Crippen LogP contribution is 2.28. The summed E-state index contributed by atoms with van der Waals surface area (Å²) in [5, 5.41) is 6.37. The number of methoxy groups -OCH3 is 1. The predicted octanol–water partition coefficient (Wildman–Crippen LogP) is 5.40. The summed E-state index contributed by atoms with van der Waals surface area (Å²) in [6.07, 6.45) is 6.19. The number of carbonyl (C=O) groups excluding carboxylic acids is 1.